The van der Waals surface area contributed by atoms with Crippen LogP contribution in [0.1, 0.15) is 16.7 Å². The van der Waals surface area contributed by atoms with Crippen LogP contribution in [0.15, 0.2) is 51.5 Å². The Hall–Kier alpha value is -3.37. The molecule has 0 aliphatic heterocycles. The molecule has 8 nitrogen and oxygen atoms in total. The van der Waals surface area contributed by atoms with Crippen LogP contribution in [0.25, 0.3) is 11.0 Å². The zero-order chi connectivity index (χ0) is 24.5. The van der Waals surface area contributed by atoms with Gasteiger partial charge in [-0.1, -0.05) is 30.3 Å². The predicted molar refractivity (Wildman–Crippen MR) is 124 cm³/mol. The van der Waals surface area contributed by atoms with Gasteiger partial charge in [-0.25, -0.2) is 22.4 Å². The summed E-state index contributed by atoms with van der Waals surface area (Å²) in [7, 11) is -0.904. The number of aryl methyl sites for hydroxylation is 1. The molecule has 0 atom stereocenters. The SMILES string of the molecule is C=CS(=O)(=O)Nc1cccc(Cc2c(C)c3cc(Cl)c(OC(=O)N(C)C)cc3oc2=O)c1F. The monoisotopic (exact) mass is 494 g/mol. The highest BCUT2D eigenvalue weighted by Crippen LogP contribution is 2.33. The molecule has 1 aromatic heterocycles. The van der Waals surface area contributed by atoms with Crippen molar-refractivity contribution in [2.75, 3.05) is 18.8 Å². The summed E-state index contributed by atoms with van der Waals surface area (Å²) in [4.78, 5) is 25.7. The standard InChI is InChI=1S/C22H20ClFN2O6S/c1-5-33(29,30)25-17-8-6-7-13(20(17)24)9-15-12(2)14-10-16(23)19(32-22(28)26(3)4)11-18(14)31-21(15)27/h5-8,10-11,25H,1,9H2,2-4H3. The van der Waals surface area contributed by atoms with E-state index in [1.165, 1.54) is 49.3 Å². The zero-order valence-electron chi connectivity index (χ0n) is 17.9. The van der Waals surface area contributed by atoms with Crippen LogP contribution in [0.5, 0.6) is 5.75 Å². The van der Waals surface area contributed by atoms with Gasteiger partial charge in [0, 0.05) is 42.9 Å². The number of halogens is 2. The number of nitrogens with zero attached hydrogens (tertiary/aromatic N) is 1. The first-order valence-corrected chi connectivity index (χ1v) is 11.4. The van der Waals surface area contributed by atoms with Crippen molar-refractivity contribution in [3.63, 3.8) is 0 Å². The highest BCUT2D eigenvalue weighted by atomic mass is 35.5. The van der Waals surface area contributed by atoms with Crippen molar-refractivity contribution >= 4 is 44.4 Å². The summed E-state index contributed by atoms with van der Waals surface area (Å²) < 4.78 is 51.0. The van der Waals surface area contributed by atoms with Gasteiger partial charge in [0.05, 0.1) is 10.7 Å². The zero-order valence-corrected chi connectivity index (χ0v) is 19.5. The van der Waals surface area contributed by atoms with Crippen molar-refractivity contribution in [3.8, 4) is 5.75 Å². The fourth-order valence-electron chi connectivity index (χ4n) is 3.04. The Morgan fingerprint density at radius 2 is 2.03 bits per heavy atom. The lowest BCUT2D eigenvalue weighted by Crippen LogP contribution is -2.25. The second kappa shape index (κ2) is 9.24. The Balaban J connectivity index is 2.04. The lowest BCUT2D eigenvalue weighted by atomic mass is 9.99. The van der Waals surface area contributed by atoms with Gasteiger partial charge in [0.1, 0.15) is 5.58 Å². The van der Waals surface area contributed by atoms with Gasteiger partial charge in [-0.05, 0) is 30.2 Å². The summed E-state index contributed by atoms with van der Waals surface area (Å²) >= 11 is 6.25. The van der Waals surface area contributed by atoms with E-state index in [2.05, 4.69) is 11.3 Å². The van der Waals surface area contributed by atoms with Gasteiger partial charge in [-0.3, -0.25) is 4.72 Å². The third-order valence-electron chi connectivity index (χ3n) is 4.82. The number of amides is 1. The smallest absolute Gasteiger partial charge is 0.414 e. The average Bonchev–Trinajstić information content (AvgIpc) is 2.74. The summed E-state index contributed by atoms with van der Waals surface area (Å²) in [5.74, 6) is -0.808. The number of anilines is 1. The van der Waals surface area contributed by atoms with E-state index in [1.54, 1.807) is 6.92 Å². The number of ether oxygens (including phenoxy) is 1. The number of sulfonamides is 1. The van der Waals surface area contributed by atoms with Crippen molar-refractivity contribution in [2.24, 2.45) is 0 Å². The van der Waals surface area contributed by atoms with E-state index in [0.29, 0.717) is 16.4 Å². The van der Waals surface area contributed by atoms with Crippen molar-refractivity contribution in [3.05, 3.63) is 80.3 Å². The number of hydrogen-bond donors (Lipinski definition) is 1. The summed E-state index contributed by atoms with van der Waals surface area (Å²) in [6.07, 6.45) is -0.816. The molecule has 3 rings (SSSR count). The second-order valence-corrected chi connectivity index (χ2v) is 9.34. The normalized spacial score (nSPS) is 11.3. The number of carbonyl (C=O) groups is 1. The number of nitrogens with one attached hydrogen (secondary N) is 1. The van der Waals surface area contributed by atoms with Crippen LogP contribution in [-0.4, -0.2) is 33.5 Å². The first kappa shape index (κ1) is 24.3. The summed E-state index contributed by atoms with van der Waals surface area (Å²) in [6, 6.07) is 6.97. The number of fused-ring (bicyclic) bond motifs is 1. The molecular formula is C22H20ClFN2O6S. The molecule has 1 amide bonds. The maximum Gasteiger partial charge on any atom is 0.414 e. The van der Waals surface area contributed by atoms with E-state index >= 15 is 0 Å². The van der Waals surface area contributed by atoms with Crippen LogP contribution in [0, 0.1) is 12.7 Å². The number of benzene rings is 2. The minimum atomic E-state index is -3.91. The molecule has 0 bridgehead atoms. The lowest BCUT2D eigenvalue weighted by molar-refractivity contribution is 0.172. The van der Waals surface area contributed by atoms with Gasteiger partial charge in [-0.15, -0.1) is 0 Å². The third-order valence-corrected chi connectivity index (χ3v) is 6.06. The molecule has 0 aliphatic carbocycles. The molecule has 3 aromatic rings. The minimum Gasteiger partial charge on any atom is -0.422 e. The van der Waals surface area contributed by atoms with Crippen LogP contribution in [-0.2, 0) is 16.4 Å². The lowest BCUT2D eigenvalue weighted by Gasteiger charge is -2.14. The predicted octanol–water partition coefficient (Wildman–Crippen LogP) is 4.43. The molecule has 1 heterocycles. The molecule has 0 saturated carbocycles. The Morgan fingerprint density at radius 3 is 2.67 bits per heavy atom. The van der Waals surface area contributed by atoms with Crippen molar-refractivity contribution in [1.29, 1.82) is 0 Å². The van der Waals surface area contributed by atoms with E-state index in [0.717, 1.165) is 0 Å². The molecule has 1 N–H and O–H groups in total. The number of rotatable bonds is 6. The first-order chi connectivity index (χ1) is 15.4. The second-order valence-electron chi connectivity index (χ2n) is 7.30. The molecule has 33 heavy (non-hydrogen) atoms. The highest BCUT2D eigenvalue weighted by Gasteiger charge is 2.19. The van der Waals surface area contributed by atoms with Crippen molar-refractivity contribution < 1.29 is 26.8 Å². The van der Waals surface area contributed by atoms with Gasteiger partial charge < -0.3 is 14.1 Å². The molecule has 0 fully saturated rings. The molecule has 0 unspecified atom stereocenters. The maximum atomic E-state index is 14.9. The van der Waals surface area contributed by atoms with Gasteiger partial charge in [0.25, 0.3) is 10.0 Å². The summed E-state index contributed by atoms with van der Waals surface area (Å²) in [5, 5.41) is 1.26. The minimum absolute atomic E-state index is 0.0198. The Bertz CT molecular complexity index is 1430. The first-order valence-electron chi connectivity index (χ1n) is 9.51. The fraction of sp³-hybridized carbons (Fsp3) is 0.182. The number of carbonyl (C=O) groups excluding carboxylic acids is 1. The van der Waals surface area contributed by atoms with Crippen LogP contribution in [0.3, 0.4) is 0 Å². The molecule has 0 radical (unpaired) electrons. The van der Waals surface area contributed by atoms with E-state index in [4.69, 9.17) is 20.8 Å². The quantitative estimate of drug-likeness (QED) is 0.508. The molecule has 0 saturated heterocycles. The van der Waals surface area contributed by atoms with Crippen LogP contribution >= 0.6 is 11.6 Å². The summed E-state index contributed by atoms with van der Waals surface area (Å²) in [6.45, 7) is 4.82. The van der Waals surface area contributed by atoms with Crippen LogP contribution in [0.2, 0.25) is 5.02 Å². The Labute approximate surface area is 194 Å². The van der Waals surface area contributed by atoms with Crippen LogP contribution in [0.4, 0.5) is 14.9 Å². The van der Waals surface area contributed by atoms with Crippen LogP contribution < -0.4 is 15.1 Å². The van der Waals surface area contributed by atoms with Gasteiger partial charge in [-0.2, -0.15) is 0 Å². The van der Waals surface area contributed by atoms with Gasteiger partial charge in [0.15, 0.2) is 11.6 Å². The Kier molecular flexibility index (Phi) is 6.80. The highest BCUT2D eigenvalue weighted by molar-refractivity contribution is 7.95. The molecule has 11 heteroatoms. The molecule has 2 aromatic carbocycles. The largest absolute Gasteiger partial charge is 0.422 e. The van der Waals surface area contributed by atoms with Crippen molar-refractivity contribution in [2.45, 2.75) is 13.3 Å². The Morgan fingerprint density at radius 1 is 1.33 bits per heavy atom. The molecular weight excluding hydrogens is 475 g/mol. The van der Waals surface area contributed by atoms with Gasteiger partial charge >= 0.3 is 11.7 Å². The van der Waals surface area contributed by atoms with E-state index in [9.17, 15) is 22.4 Å². The molecule has 0 aliphatic rings. The number of hydrogen-bond acceptors (Lipinski definition) is 6. The summed E-state index contributed by atoms with van der Waals surface area (Å²) in [5.41, 5.74) is -0.115. The third kappa shape index (κ3) is 5.18. The fourth-order valence-corrected chi connectivity index (χ4v) is 3.79. The average molecular weight is 495 g/mol. The van der Waals surface area contributed by atoms with Gasteiger partial charge in [0.2, 0.25) is 0 Å². The molecule has 0 spiro atoms. The van der Waals surface area contributed by atoms with E-state index in [1.807, 2.05) is 0 Å². The van der Waals surface area contributed by atoms with E-state index in [-0.39, 0.29) is 39.6 Å². The van der Waals surface area contributed by atoms with E-state index < -0.39 is 27.6 Å². The topological polar surface area (TPSA) is 106 Å². The van der Waals surface area contributed by atoms with Crippen molar-refractivity contribution in [1.82, 2.24) is 4.90 Å². The molecule has 174 valence electrons. The maximum absolute atomic E-state index is 14.9.